The number of benzene rings is 1. The molecule has 0 radical (unpaired) electrons. The van der Waals surface area contributed by atoms with E-state index in [1.165, 1.54) is 13.1 Å². The van der Waals surface area contributed by atoms with Crippen molar-refractivity contribution in [2.75, 3.05) is 12.4 Å². The third kappa shape index (κ3) is 4.17. The highest BCUT2D eigenvalue weighted by Crippen LogP contribution is 2.24. The van der Waals surface area contributed by atoms with Crippen molar-refractivity contribution in [1.29, 1.82) is 0 Å². The Morgan fingerprint density at radius 2 is 1.81 bits per heavy atom. The van der Waals surface area contributed by atoms with Crippen molar-refractivity contribution in [1.82, 2.24) is 20.4 Å². The minimum Gasteiger partial charge on any atom is -0.354 e. The molecular formula is C19H19N5O3. The first kappa shape index (κ1) is 18.2. The number of aromatic nitrogens is 3. The van der Waals surface area contributed by atoms with Gasteiger partial charge < -0.3 is 9.84 Å². The lowest BCUT2D eigenvalue weighted by atomic mass is 9.96. The summed E-state index contributed by atoms with van der Waals surface area (Å²) in [5, 5.41) is 8.69. The summed E-state index contributed by atoms with van der Waals surface area (Å²) in [6, 6.07) is 12.8. The molecule has 2 heterocycles. The number of hydrogen-bond acceptors (Lipinski definition) is 6. The number of nitrogens with zero attached hydrogens (tertiary/aromatic N) is 3. The van der Waals surface area contributed by atoms with E-state index >= 15 is 0 Å². The largest absolute Gasteiger partial charge is 0.354 e. The molecule has 0 saturated carbocycles. The Kier molecular flexibility index (Phi) is 5.25. The maximum Gasteiger partial charge on any atom is 0.328 e. The predicted molar refractivity (Wildman–Crippen MR) is 98.6 cm³/mol. The van der Waals surface area contributed by atoms with E-state index in [0.717, 1.165) is 5.56 Å². The number of amides is 2. The van der Waals surface area contributed by atoms with Crippen molar-refractivity contribution >= 4 is 17.8 Å². The number of pyridine rings is 1. The number of anilines is 1. The van der Waals surface area contributed by atoms with Crippen LogP contribution in [0.5, 0.6) is 0 Å². The normalized spacial score (nSPS) is 11.7. The van der Waals surface area contributed by atoms with Gasteiger partial charge in [-0.25, -0.2) is 4.98 Å². The molecule has 0 unspecified atom stereocenters. The Labute approximate surface area is 156 Å². The fraction of sp³-hybridized carbons (Fsp3) is 0.211. The van der Waals surface area contributed by atoms with Crippen LogP contribution >= 0.6 is 0 Å². The van der Waals surface area contributed by atoms with Crippen LogP contribution in [-0.2, 0) is 0 Å². The van der Waals surface area contributed by atoms with Gasteiger partial charge in [0.15, 0.2) is 5.82 Å². The number of carbonyl (C=O) groups excluding carboxylic acids is 2. The summed E-state index contributed by atoms with van der Waals surface area (Å²) < 4.78 is 4.91. The standard InChI is InChI=1S/C19H19N5O3/c1-11(13-7-5-4-6-8-13)15-9-14(10-16(22-15)18(26)20-3)17(25)23-19-21-12(2)24-27-19/h4-11H,1-3H3,(H,20,26)(H,21,23,24,25)/t11-/m0/s1. The van der Waals surface area contributed by atoms with Gasteiger partial charge in [0.2, 0.25) is 0 Å². The molecule has 0 fully saturated rings. The van der Waals surface area contributed by atoms with Crippen molar-refractivity contribution in [2.45, 2.75) is 19.8 Å². The summed E-state index contributed by atoms with van der Waals surface area (Å²) in [4.78, 5) is 33.1. The highest BCUT2D eigenvalue weighted by molar-refractivity contribution is 6.04. The SMILES string of the molecule is CNC(=O)c1cc(C(=O)Nc2nc(C)no2)cc([C@@H](C)c2ccccc2)n1. The van der Waals surface area contributed by atoms with Crippen LogP contribution in [0.15, 0.2) is 47.0 Å². The maximum atomic E-state index is 12.6. The van der Waals surface area contributed by atoms with E-state index in [1.807, 2.05) is 37.3 Å². The van der Waals surface area contributed by atoms with Crippen LogP contribution < -0.4 is 10.6 Å². The van der Waals surface area contributed by atoms with Crippen LogP contribution in [0, 0.1) is 6.92 Å². The molecule has 3 rings (SSSR count). The van der Waals surface area contributed by atoms with Crippen molar-refractivity contribution in [3.05, 3.63) is 70.8 Å². The molecule has 1 aromatic carbocycles. The number of nitrogens with one attached hydrogen (secondary N) is 2. The molecule has 2 N–H and O–H groups in total. The van der Waals surface area contributed by atoms with Crippen LogP contribution in [0.3, 0.4) is 0 Å². The second-order valence-corrected chi connectivity index (χ2v) is 5.98. The Bertz CT molecular complexity index is 968. The van der Waals surface area contributed by atoms with Crippen molar-refractivity contribution in [3.63, 3.8) is 0 Å². The highest BCUT2D eigenvalue weighted by atomic mass is 16.5. The fourth-order valence-electron chi connectivity index (χ4n) is 2.58. The van der Waals surface area contributed by atoms with Gasteiger partial charge in [-0.05, 0) is 24.6 Å². The molecular weight excluding hydrogens is 346 g/mol. The van der Waals surface area contributed by atoms with E-state index in [4.69, 9.17) is 4.52 Å². The van der Waals surface area contributed by atoms with Gasteiger partial charge in [-0.1, -0.05) is 42.4 Å². The van der Waals surface area contributed by atoms with Gasteiger partial charge in [0, 0.05) is 24.2 Å². The predicted octanol–water partition coefficient (Wildman–Crippen LogP) is 2.54. The fourth-order valence-corrected chi connectivity index (χ4v) is 2.58. The van der Waals surface area contributed by atoms with E-state index in [0.29, 0.717) is 11.5 Å². The molecule has 138 valence electrons. The third-order valence-corrected chi connectivity index (χ3v) is 4.06. The summed E-state index contributed by atoms with van der Waals surface area (Å²) in [7, 11) is 1.51. The second-order valence-electron chi connectivity index (χ2n) is 5.98. The lowest BCUT2D eigenvalue weighted by molar-refractivity contribution is 0.0958. The van der Waals surface area contributed by atoms with Gasteiger partial charge in [0.05, 0.1) is 0 Å². The zero-order valence-electron chi connectivity index (χ0n) is 15.2. The zero-order chi connectivity index (χ0) is 19.4. The lowest BCUT2D eigenvalue weighted by Gasteiger charge is -2.14. The van der Waals surface area contributed by atoms with E-state index in [-0.39, 0.29) is 29.1 Å². The smallest absolute Gasteiger partial charge is 0.328 e. The maximum absolute atomic E-state index is 12.6. The van der Waals surface area contributed by atoms with Crippen LogP contribution in [-0.4, -0.2) is 34.0 Å². The van der Waals surface area contributed by atoms with E-state index in [9.17, 15) is 9.59 Å². The minimum absolute atomic E-state index is 0.00605. The van der Waals surface area contributed by atoms with Gasteiger partial charge in [-0.3, -0.25) is 14.9 Å². The molecule has 8 heteroatoms. The molecule has 0 saturated heterocycles. The lowest BCUT2D eigenvalue weighted by Crippen LogP contribution is -2.22. The number of aryl methyl sites for hydroxylation is 1. The third-order valence-electron chi connectivity index (χ3n) is 4.06. The van der Waals surface area contributed by atoms with E-state index < -0.39 is 5.91 Å². The minimum atomic E-state index is -0.465. The molecule has 0 aliphatic carbocycles. The topological polar surface area (TPSA) is 110 Å². The second kappa shape index (κ2) is 7.77. The highest BCUT2D eigenvalue weighted by Gasteiger charge is 2.19. The summed E-state index contributed by atoms with van der Waals surface area (Å²) in [5.41, 5.74) is 2.06. The van der Waals surface area contributed by atoms with Crippen molar-refractivity contribution in [2.24, 2.45) is 0 Å². The molecule has 2 amide bonds. The number of carbonyl (C=O) groups is 2. The first-order chi connectivity index (χ1) is 13.0. The Morgan fingerprint density at radius 3 is 2.44 bits per heavy atom. The van der Waals surface area contributed by atoms with Crippen LogP contribution in [0.4, 0.5) is 6.01 Å². The van der Waals surface area contributed by atoms with Crippen LogP contribution in [0.25, 0.3) is 0 Å². The zero-order valence-corrected chi connectivity index (χ0v) is 15.2. The van der Waals surface area contributed by atoms with Gasteiger partial charge in [0.25, 0.3) is 11.8 Å². The van der Waals surface area contributed by atoms with Crippen LogP contribution in [0.2, 0.25) is 0 Å². The first-order valence-electron chi connectivity index (χ1n) is 8.38. The van der Waals surface area contributed by atoms with Gasteiger partial charge in [-0.2, -0.15) is 4.98 Å². The Balaban J connectivity index is 1.97. The van der Waals surface area contributed by atoms with Gasteiger partial charge in [-0.15, -0.1) is 0 Å². The molecule has 3 aromatic rings. The molecule has 2 aromatic heterocycles. The van der Waals surface area contributed by atoms with E-state index in [2.05, 4.69) is 25.8 Å². The summed E-state index contributed by atoms with van der Waals surface area (Å²) >= 11 is 0. The molecule has 27 heavy (non-hydrogen) atoms. The molecule has 8 nitrogen and oxygen atoms in total. The summed E-state index contributed by atoms with van der Waals surface area (Å²) in [6.07, 6.45) is 0. The number of rotatable bonds is 5. The van der Waals surface area contributed by atoms with Gasteiger partial charge in [0.1, 0.15) is 5.69 Å². The summed E-state index contributed by atoms with van der Waals surface area (Å²) in [6.45, 7) is 3.61. The van der Waals surface area contributed by atoms with Crippen LogP contribution in [0.1, 0.15) is 50.8 Å². The summed E-state index contributed by atoms with van der Waals surface area (Å²) in [5.74, 6) is -0.537. The average molecular weight is 365 g/mol. The molecule has 0 aliphatic heterocycles. The van der Waals surface area contributed by atoms with E-state index in [1.54, 1.807) is 13.0 Å². The Morgan fingerprint density at radius 1 is 1.07 bits per heavy atom. The molecule has 1 atom stereocenters. The monoisotopic (exact) mass is 365 g/mol. The van der Waals surface area contributed by atoms with Crippen molar-refractivity contribution < 1.29 is 14.1 Å². The molecule has 0 spiro atoms. The first-order valence-corrected chi connectivity index (χ1v) is 8.38. The Hall–Kier alpha value is -3.55. The molecule has 0 aliphatic rings. The quantitative estimate of drug-likeness (QED) is 0.719. The number of hydrogen-bond donors (Lipinski definition) is 2. The average Bonchev–Trinajstić information content (AvgIpc) is 3.11. The van der Waals surface area contributed by atoms with Gasteiger partial charge >= 0.3 is 6.01 Å². The van der Waals surface area contributed by atoms with Crippen molar-refractivity contribution in [3.8, 4) is 0 Å². The molecule has 0 bridgehead atoms.